The van der Waals surface area contributed by atoms with E-state index in [2.05, 4.69) is 65.3 Å². The molecule has 1 fully saturated rings. The summed E-state index contributed by atoms with van der Waals surface area (Å²) in [6.45, 7) is 5.33. The van der Waals surface area contributed by atoms with E-state index < -0.39 is 5.97 Å². The highest BCUT2D eigenvalue weighted by Crippen LogP contribution is 2.33. The van der Waals surface area contributed by atoms with Gasteiger partial charge in [-0.15, -0.1) is 0 Å². The van der Waals surface area contributed by atoms with Crippen LogP contribution in [0.1, 0.15) is 57.3 Å². The van der Waals surface area contributed by atoms with E-state index in [4.69, 9.17) is 4.98 Å². The van der Waals surface area contributed by atoms with E-state index in [1.54, 1.807) is 6.33 Å². The van der Waals surface area contributed by atoms with Crippen molar-refractivity contribution in [3.05, 3.63) is 88.6 Å². The molecule has 0 amide bonds. The van der Waals surface area contributed by atoms with Gasteiger partial charge in [-0.3, -0.25) is 4.98 Å². The fourth-order valence-electron chi connectivity index (χ4n) is 5.99. The van der Waals surface area contributed by atoms with Gasteiger partial charge in [-0.2, -0.15) is 0 Å². The molecular formula is C29H30N4O2. The third kappa shape index (κ3) is 4.02. The van der Waals surface area contributed by atoms with Crippen LogP contribution in [-0.2, 0) is 19.3 Å². The summed E-state index contributed by atoms with van der Waals surface area (Å²) < 4.78 is 1.97. The summed E-state index contributed by atoms with van der Waals surface area (Å²) in [4.78, 5) is 23.0. The zero-order valence-electron chi connectivity index (χ0n) is 20.1. The van der Waals surface area contributed by atoms with Gasteiger partial charge in [0.05, 0.1) is 16.9 Å². The van der Waals surface area contributed by atoms with Gasteiger partial charge in [0.15, 0.2) is 5.69 Å². The highest BCUT2D eigenvalue weighted by atomic mass is 16.4. The van der Waals surface area contributed by atoms with Crippen molar-refractivity contribution in [2.75, 3.05) is 19.6 Å². The molecule has 2 aromatic carbocycles. The summed E-state index contributed by atoms with van der Waals surface area (Å²) in [6.07, 6.45) is 6.62. The van der Waals surface area contributed by atoms with Crippen LogP contribution in [0.15, 0.2) is 54.9 Å². The summed E-state index contributed by atoms with van der Waals surface area (Å²) in [6, 6.07) is 17.3. The van der Waals surface area contributed by atoms with Crippen LogP contribution in [0.5, 0.6) is 0 Å². The lowest BCUT2D eigenvalue weighted by molar-refractivity contribution is 0.0689. The molecule has 0 saturated carbocycles. The van der Waals surface area contributed by atoms with Crippen LogP contribution in [0.2, 0.25) is 0 Å². The smallest absolute Gasteiger partial charge is 0.356 e. The number of aromatic nitrogens is 3. The predicted octanol–water partition coefficient (Wildman–Crippen LogP) is 4.95. The fraction of sp³-hybridized carbons (Fsp3) is 0.345. The minimum Gasteiger partial charge on any atom is -0.476 e. The number of fused-ring (bicyclic) bond motifs is 4. The molecule has 1 N–H and O–H groups in total. The second-order valence-corrected chi connectivity index (χ2v) is 9.86. The van der Waals surface area contributed by atoms with E-state index in [0.29, 0.717) is 5.92 Å². The number of aryl methyl sites for hydroxylation is 1. The molecule has 6 heteroatoms. The molecule has 2 aromatic heterocycles. The monoisotopic (exact) mass is 466 g/mol. The van der Waals surface area contributed by atoms with Gasteiger partial charge in [-0.1, -0.05) is 30.3 Å². The summed E-state index contributed by atoms with van der Waals surface area (Å²) >= 11 is 0. The largest absolute Gasteiger partial charge is 0.476 e. The third-order valence-electron chi connectivity index (χ3n) is 7.82. The lowest BCUT2D eigenvalue weighted by Gasteiger charge is -2.33. The quantitative estimate of drug-likeness (QED) is 0.451. The Bertz CT molecular complexity index is 1420. The Balaban J connectivity index is 1.13. The molecule has 0 spiro atoms. The van der Waals surface area contributed by atoms with Crippen LogP contribution in [-0.4, -0.2) is 50.1 Å². The van der Waals surface area contributed by atoms with Crippen LogP contribution >= 0.6 is 0 Å². The first-order valence-corrected chi connectivity index (χ1v) is 12.6. The molecule has 0 aliphatic carbocycles. The number of aromatic carboxylic acids is 1. The number of rotatable bonds is 5. The Morgan fingerprint density at radius 3 is 2.71 bits per heavy atom. The van der Waals surface area contributed by atoms with Gasteiger partial charge in [0.2, 0.25) is 0 Å². The van der Waals surface area contributed by atoms with Gasteiger partial charge in [0.25, 0.3) is 0 Å². The maximum atomic E-state index is 11.5. The molecule has 4 heterocycles. The van der Waals surface area contributed by atoms with E-state index in [-0.39, 0.29) is 5.69 Å². The van der Waals surface area contributed by atoms with Crippen molar-refractivity contribution in [3.63, 3.8) is 0 Å². The van der Waals surface area contributed by atoms with Crippen molar-refractivity contribution in [2.45, 2.75) is 44.9 Å². The molecule has 4 aromatic rings. The molecule has 1 saturated heterocycles. The fourth-order valence-corrected chi connectivity index (χ4v) is 5.99. The number of piperidine rings is 1. The van der Waals surface area contributed by atoms with E-state index in [1.165, 1.54) is 34.9 Å². The molecule has 2 aliphatic rings. The number of pyridine rings is 1. The number of carbonyl (C=O) groups is 1. The first kappa shape index (κ1) is 22.0. The van der Waals surface area contributed by atoms with Gasteiger partial charge in [0.1, 0.15) is 6.33 Å². The number of carboxylic acid groups (broad SMARTS) is 1. The van der Waals surface area contributed by atoms with Crippen molar-refractivity contribution in [2.24, 2.45) is 0 Å². The van der Waals surface area contributed by atoms with Crippen molar-refractivity contribution < 1.29 is 9.90 Å². The number of hydrogen-bond donors (Lipinski definition) is 1. The Labute approximate surface area is 205 Å². The molecule has 0 unspecified atom stereocenters. The summed E-state index contributed by atoms with van der Waals surface area (Å²) in [5, 5.41) is 10.7. The van der Waals surface area contributed by atoms with E-state index in [9.17, 15) is 9.90 Å². The van der Waals surface area contributed by atoms with Gasteiger partial charge in [-0.25, -0.2) is 9.78 Å². The zero-order chi connectivity index (χ0) is 23.9. The topological polar surface area (TPSA) is 71.2 Å². The highest BCUT2D eigenvalue weighted by molar-refractivity contribution is 5.87. The second kappa shape index (κ2) is 8.93. The van der Waals surface area contributed by atoms with E-state index in [1.807, 2.05) is 4.57 Å². The lowest BCUT2D eigenvalue weighted by Crippen LogP contribution is -2.34. The molecule has 35 heavy (non-hydrogen) atoms. The summed E-state index contributed by atoms with van der Waals surface area (Å²) in [7, 11) is 0. The average Bonchev–Trinajstić information content (AvgIpc) is 3.32. The van der Waals surface area contributed by atoms with Gasteiger partial charge >= 0.3 is 5.97 Å². The number of imidazole rings is 1. The molecule has 178 valence electrons. The van der Waals surface area contributed by atoms with Gasteiger partial charge in [-0.05, 0) is 92.9 Å². The highest BCUT2D eigenvalue weighted by Gasteiger charge is 2.26. The van der Waals surface area contributed by atoms with Gasteiger partial charge < -0.3 is 14.6 Å². The maximum absolute atomic E-state index is 11.5. The minimum atomic E-state index is -0.948. The van der Waals surface area contributed by atoms with Crippen molar-refractivity contribution in [1.29, 1.82) is 0 Å². The first-order valence-electron chi connectivity index (χ1n) is 12.6. The first-order chi connectivity index (χ1) is 17.1. The predicted molar refractivity (Wildman–Crippen MR) is 137 cm³/mol. The molecule has 0 bridgehead atoms. The van der Waals surface area contributed by atoms with Crippen molar-refractivity contribution >= 4 is 16.9 Å². The molecular weight excluding hydrogens is 436 g/mol. The number of benzene rings is 2. The van der Waals surface area contributed by atoms with Crippen LogP contribution in [0.4, 0.5) is 0 Å². The van der Waals surface area contributed by atoms with Crippen LogP contribution in [0.3, 0.4) is 0 Å². The lowest BCUT2D eigenvalue weighted by atomic mass is 9.87. The standard InChI is InChI=1S/C29H30N4O2/c1-19-8-9-24-22(5-3-6-25(24)31-19)21-13-16-32(17-14-21)15-12-20-4-2-7-26-23(20)10-11-27-28(29(34)35)30-18-33(26)27/h2-9,18,21H,10-17H2,1H3,(H,34,35). The van der Waals surface area contributed by atoms with Gasteiger partial charge in [0, 0.05) is 17.6 Å². The third-order valence-corrected chi connectivity index (χ3v) is 7.82. The number of nitrogens with zero attached hydrogens (tertiary/aromatic N) is 4. The Morgan fingerprint density at radius 2 is 1.89 bits per heavy atom. The number of likely N-dealkylation sites (tertiary alicyclic amines) is 1. The normalized spacial score (nSPS) is 16.3. The molecule has 2 aliphatic heterocycles. The maximum Gasteiger partial charge on any atom is 0.356 e. The summed E-state index contributed by atoms with van der Waals surface area (Å²) in [5.74, 6) is -0.358. The SMILES string of the molecule is Cc1ccc2c(C3CCN(CCc4cccc5c4CCc4c(C(=O)O)ncn4-5)CC3)cccc2n1. The molecule has 6 nitrogen and oxygen atoms in total. The Kier molecular flexibility index (Phi) is 5.61. The average molecular weight is 467 g/mol. The van der Waals surface area contributed by atoms with Crippen molar-refractivity contribution in [1.82, 2.24) is 19.4 Å². The summed E-state index contributed by atoms with van der Waals surface area (Å²) in [5.41, 5.74) is 8.41. The van der Waals surface area contributed by atoms with Crippen LogP contribution in [0.25, 0.3) is 16.6 Å². The van der Waals surface area contributed by atoms with E-state index in [0.717, 1.165) is 61.5 Å². The van der Waals surface area contributed by atoms with Crippen LogP contribution < -0.4 is 0 Å². The van der Waals surface area contributed by atoms with Crippen LogP contribution in [0, 0.1) is 6.92 Å². The minimum absolute atomic E-state index is 0.182. The second-order valence-electron chi connectivity index (χ2n) is 9.86. The van der Waals surface area contributed by atoms with E-state index >= 15 is 0 Å². The number of carboxylic acids is 1. The van der Waals surface area contributed by atoms with Crippen molar-refractivity contribution in [3.8, 4) is 5.69 Å². The number of hydrogen-bond acceptors (Lipinski definition) is 4. The Hall–Kier alpha value is -3.51. The molecule has 0 radical (unpaired) electrons. The molecule has 6 rings (SSSR count). The zero-order valence-corrected chi connectivity index (χ0v) is 20.1. The molecule has 0 atom stereocenters. The Morgan fingerprint density at radius 1 is 1.06 bits per heavy atom.